The molecule has 0 unspecified atom stereocenters. The summed E-state index contributed by atoms with van der Waals surface area (Å²) >= 11 is 3.77. The van der Waals surface area contributed by atoms with Crippen LogP contribution in [0, 0.1) is 10.5 Å². The number of thioether (sulfide) groups is 1. The van der Waals surface area contributed by atoms with Gasteiger partial charge >= 0.3 is 0 Å². The van der Waals surface area contributed by atoms with Crippen molar-refractivity contribution in [2.45, 2.75) is 25.0 Å². The van der Waals surface area contributed by atoms with Gasteiger partial charge in [0.05, 0.1) is 6.54 Å². The molecule has 2 N–H and O–H groups in total. The Morgan fingerprint density at radius 3 is 2.45 bits per heavy atom. The van der Waals surface area contributed by atoms with E-state index in [-0.39, 0.29) is 5.91 Å². The van der Waals surface area contributed by atoms with Crippen LogP contribution in [-0.4, -0.2) is 26.4 Å². The zero-order valence-corrected chi connectivity index (χ0v) is 21.1. The van der Waals surface area contributed by atoms with Gasteiger partial charge in [0, 0.05) is 32.8 Å². The van der Waals surface area contributed by atoms with E-state index in [2.05, 4.69) is 62.5 Å². The Bertz CT molecular complexity index is 1210. The molecule has 4 rings (SSSR count). The first kappa shape index (κ1) is 23.3. The molecule has 6 nitrogen and oxygen atoms in total. The highest BCUT2D eigenvalue weighted by molar-refractivity contribution is 14.1. The van der Waals surface area contributed by atoms with E-state index in [9.17, 15) is 4.79 Å². The van der Waals surface area contributed by atoms with Crippen LogP contribution in [0.3, 0.4) is 0 Å². The van der Waals surface area contributed by atoms with E-state index in [4.69, 9.17) is 0 Å². The quantitative estimate of drug-likeness (QED) is 0.194. The summed E-state index contributed by atoms with van der Waals surface area (Å²) in [7, 11) is 0. The summed E-state index contributed by atoms with van der Waals surface area (Å²) in [5.41, 5.74) is 4.05. The van der Waals surface area contributed by atoms with Crippen molar-refractivity contribution in [2.75, 3.05) is 16.4 Å². The van der Waals surface area contributed by atoms with Crippen molar-refractivity contribution in [3.8, 4) is 5.69 Å². The fourth-order valence-electron chi connectivity index (χ4n) is 3.28. The van der Waals surface area contributed by atoms with Crippen LogP contribution < -0.4 is 10.6 Å². The maximum absolute atomic E-state index is 12.4. The molecule has 0 atom stereocenters. The molecule has 0 aliphatic carbocycles. The summed E-state index contributed by atoms with van der Waals surface area (Å²) in [5.74, 6) is 1.40. The fraction of sp³-hybridized carbons (Fsp3) is 0.160. The third-order valence-electron chi connectivity index (χ3n) is 4.99. The summed E-state index contributed by atoms with van der Waals surface area (Å²) in [6, 6.07) is 26.0. The van der Waals surface area contributed by atoms with Crippen molar-refractivity contribution in [3.63, 3.8) is 0 Å². The van der Waals surface area contributed by atoms with Crippen LogP contribution >= 0.6 is 34.4 Å². The monoisotopic (exact) mass is 569 g/mol. The van der Waals surface area contributed by atoms with Gasteiger partial charge in [0.25, 0.3) is 0 Å². The van der Waals surface area contributed by atoms with E-state index in [1.807, 2.05) is 71.3 Å². The van der Waals surface area contributed by atoms with Gasteiger partial charge in [0.2, 0.25) is 5.91 Å². The average molecular weight is 569 g/mol. The van der Waals surface area contributed by atoms with Crippen molar-refractivity contribution in [1.82, 2.24) is 14.8 Å². The van der Waals surface area contributed by atoms with Crippen molar-refractivity contribution < 1.29 is 4.79 Å². The highest BCUT2D eigenvalue weighted by Gasteiger charge is 2.15. The average Bonchev–Trinajstić information content (AvgIpc) is 3.23. The van der Waals surface area contributed by atoms with Crippen molar-refractivity contribution in [2.24, 2.45) is 0 Å². The lowest BCUT2D eigenvalue weighted by Crippen LogP contribution is -2.12. The number of carbonyl (C=O) groups is 1. The lowest BCUT2D eigenvalue weighted by molar-refractivity contribution is -0.115. The summed E-state index contributed by atoms with van der Waals surface area (Å²) in [5, 5.41) is 16.0. The molecule has 0 spiro atoms. The minimum Gasteiger partial charge on any atom is -0.378 e. The molecule has 0 bridgehead atoms. The molecule has 0 aliphatic rings. The summed E-state index contributed by atoms with van der Waals surface area (Å²) in [4.78, 5) is 12.4. The van der Waals surface area contributed by atoms with E-state index in [0.717, 1.165) is 31.6 Å². The number of nitrogens with one attached hydrogen (secondary N) is 2. The van der Waals surface area contributed by atoms with E-state index >= 15 is 0 Å². The Morgan fingerprint density at radius 1 is 0.970 bits per heavy atom. The molecule has 33 heavy (non-hydrogen) atoms. The largest absolute Gasteiger partial charge is 0.378 e. The van der Waals surface area contributed by atoms with Gasteiger partial charge in [-0.1, -0.05) is 48.2 Å². The van der Waals surface area contributed by atoms with Crippen LogP contribution in [0.15, 0.2) is 84.0 Å². The minimum atomic E-state index is -0.0177. The standard InChI is InChI=1S/C25H24IN5OS/c1-18-7-5-6-10-22(18)27-17-23-29-30-25(31(23)21-8-3-2-4-9-21)33-16-15-24(32)28-20-13-11-19(26)12-14-20/h2-14,27H,15-17H2,1H3,(H,28,32). The van der Waals surface area contributed by atoms with Crippen LogP contribution in [0.5, 0.6) is 0 Å². The van der Waals surface area contributed by atoms with Gasteiger partial charge in [-0.15, -0.1) is 10.2 Å². The maximum Gasteiger partial charge on any atom is 0.225 e. The van der Waals surface area contributed by atoms with Crippen molar-refractivity contribution in [3.05, 3.63) is 93.8 Å². The molecule has 0 saturated carbocycles. The number of para-hydroxylation sites is 2. The number of rotatable bonds is 9. The van der Waals surface area contributed by atoms with Gasteiger partial charge in [0.1, 0.15) is 0 Å². The Balaban J connectivity index is 1.43. The lowest BCUT2D eigenvalue weighted by Gasteiger charge is -2.12. The van der Waals surface area contributed by atoms with Crippen LogP contribution in [0.4, 0.5) is 11.4 Å². The first-order valence-electron chi connectivity index (χ1n) is 10.6. The van der Waals surface area contributed by atoms with E-state index < -0.39 is 0 Å². The predicted octanol–water partition coefficient (Wildman–Crippen LogP) is 5.91. The minimum absolute atomic E-state index is 0.0177. The molecule has 0 aliphatic heterocycles. The fourth-order valence-corrected chi connectivity index (χ4v) is 4.55. The molecule has 0 saturated heterocycles. The second-order valence-electron chi connectivity index (χ2n) is 7.39. The van der Waals surface area contributed by atoms with E-state index in [1.54, 1.807) is 0 Å². The van der Waals surface area contributed by atoms with E-state index in [1.165, 1.54) is 17.3 Å². The molecule has 1 aromatic heterocycles. The number of hydrogen-bond acceptors (Lipinski definition) is 5. The van der Waals surface area contributed by atoms with E-state index in [0.29, 0.717) is 18.7 Å². The molecule has 8 heteroatoms. The summed E-state index contributed by atoms with van der Waals surface area (Å²) < 4.78 is 3.18. The Kier molecular flexibility index (Phi) is 8.01. The topological polar surface area (TPSA) is 71.8 Å². The molecular weight excluding hydrogens is 545 g/mol. The summed E-state index contributed by atoms with van der Waals surface area (Å²) in [6.45, 7) is 2.62. The zero-order valence-electron chi connectivity index (χ0n) is 18.2. The number of benzene rings is 3. The molecular formula is C25H24IN5OS. The van der Waals surface area contributed by atoms with Gasteiger partial charge in [0.15, 0.2) is 11.0 Å². The third-order valence-corrected chi connectivity index (χ3v) is 6.63. The Morgan fingerprint density at radius 2 is 1.70 bits per heavy atom. The number of halogens is 1. The molecule has 0 radical (unpaired) electrons. The van der Waals surface area contributed by atoms with Crippen LogP contribution in [-0.2, 0) is 11.3 Å². The molecule has 0 fully saturated rings. The second kappa shape index (κ2) is 11.3. The van der Waals surface area contributed by atoms with Crippen LogP contribution in [0.1, 0.15) is 17.8 Å². The molecule has 4 aromatic rings. The van der Waals surface area contributed by atoms with Crippen LogP contribution in [0.25, 0.3) is 5.69 Å². The molecule has 1 amide bonds. The SMILES string of the molecule is Cc1ccccc1NCc1nnc(SCCC(=O)Nc2ccc(I)cc2)n1-c1ccccc1. The van der Waals surface area contributed by atoms with Crippen LogP contribution in [0.2, 0.25) is 0 Å². The number of nitrogens with zero attached hydrogens (tertiary/aromatic N) is 3. The number of anilines is 2. The number of aromatic nitrogens is 3. The lowest BCUT2D eigenvalue weighted by atomic mass is 10.2. The van der Waals surface area contributed by atoms with Gasteiger partial charge in [-0.25, -0.2) is 0 Å². The summed E-state index contributed by atoms with van der Waals surface area (Å²) in [6.07, 6.45) is 0.384. The molecule has 1 heterocycles. The van der Waals surface area contributed by atoms with Gasteiger partial charge < -0.3 is 10.6 Å². The number of aryl methyl sites for hydroxylation is 1. The Labute approximate surface area is 211 Å². The van der Waals surface area contributed by atoms with Crippen molar-refractivity contribution in [1.29, 1.82) is 0 Å². The predicted molar refractivity (Wildman–Crippen MR) is 143 cm³/mol. The van der Waals surface area contributed by atoms with Gasteiger partial charge in [-0.2, -0.15) is 0 Å². The highest BCUT2D eigenvalue weighted by atomic mass is 127. The smallest absolute Gasteiger partial charge is 0.225 e. The maximum atomic E-state index is 12.4. The third kappa shape index (κ3) is 6.35. The number of hydrogen-bond donors (Lipinski definition) is 2. The second-order valence-corrected chi connectivity index (χ2v) is 9.70. The number of amides is 1. The molecule has 3 aromatic carbocycles. The molecule has 168 valence electrons. The first-order chi connectivity index (χ1) is 16.1. The Hall–Kier alpha value is -2.85. The van der Waals surface area contributed by atoms with Crippen molar-refractivity contribution >= 4 is 51.6 Å². The number of carbonyl (C=O) groups excluding carboxylic acids is 1. The van der Waals surface area contributed by atoms with Gasteiger partial charge in [-0.3, -0.25) is 9.36 Å². The first-order valence-corrected chi connectivity index (χ1v) is 12.6. The normalized spacial score (nSPS) is 10.7. The van der Waals surface area contributed by atoms with Gasteiger partial charge in [-0.05, 0) is 77.5 Å². The highest BCUT2D eigenvalue weighted by Crippen LogP contribution is 2.24. The zero-order chi connectivity index (χ0) is 23.0.